The average molecular weight is 462 g/mol. The van der Waals surface area contributed by atoms with Gasteiger partial charge in [0.15, 0.2) is 0 Å². The van der Waals surface area contributed by atoms with Crippen LogP contribution in [0.4, 0.5) is 0 Å². The minimum Gasteiger partial charge on any atom is -0.272 e. The quantitative estimate of drug-likeness (QED) is 0.406. The molecule has 6 nitrogen and oxygen atoms in total. The van der Waals surface area contributed by atoms with E-state index in [0.29, 0.717) is 10.6 Å². The zero-order valence-electron chi connectivity index (χ0n) is 16.2. The zero-order valence-corrected chi connectivity index (χ0v) is 18.5. The van der Waals surface area contributed by atoms with Gasteiger partial charge in [0.2, 0.25) is 10.0 Å². The van der Waals surface area contributed by atoms with Crippen LogP contribution in [0.15, 0.2) is 76.0 Å². The summed E-state index contributed by atoms with van der Waals surface area (Å²) >= 11 is 7.40. The summed E-state index contributed by atoms with van der Waals surface area (Å²) in [5, 5.41) is 6.34. The van der Waals surface area contributed by atoms with Crippen molar-refractivity contribution in [3.63, 3.8) is 0 Å². The lowest BCUT2D eigenvalue weighted by atomic mass is 10.2. The third kappa shape index (κ3) is 5.99. The van der Waals surface area contributed by atoms with Gasteiger partial charge in [-0.2, -0.15) is 9.41 Å². The van der Waals surface area contributed by atoms with Gasteiger partial charge in [-0.25, -0.2) is 13.8 Å². The van der Waals surface area contributed by atoms with E-state index in [1.54, 1.807) is 36.4 Å². The van der Waals surface area contributed by atoms with E-state index in [0.717, 1.165) is 14.7 Å². The van der Waals surface area contributed by atoms with Gasteiger partial charge in [0, 0.05) is 16.4 Å². The fourth-order valence-electron chi connectivity index (χ4n) is 2.61. The van der Waals surface area contributed by atoms with Crippen molar-refractivity contribution in [3.05, 3.63) is 87.1 Å². The van der Waals surface area contributed by atoms with Crippen molar-refractivity contribution in [1.82, 2.24) is 9.73 Å². The first kappa shape index (κ1) is 22.2. The topological polar surface area (TPSA) is 78.8 Å². The largest absolute Gasteiger partial charge is 0.272 e. The maximum atomic E-state index is 13.2. The molecule has 0 spiro atoms. The third-order valence-corrected chi connectivity index (χ3v) is 7.04. The molecule has 3 aromatic rings. The van der Waals surface area contributed by atoms with Gasteiger partial charge in [0.1, 0.15) is 0 Å². The van der Waals surface area contributed by atoms with Crippen molar-refractivity contribution < 1.29 is 13.2 Å². The number of carbonyl (C=O) groups is 1. The lowest BCUT2D eigenvalue weighted by molar-refractivity contribution is -0.121. The number of rotatable bonds is 8. The van der Waals surface area contributed by atoms with E-state index in [-0.39, 0.29) is 18.0 Å². The number of thiophene rings is 1. The Bertz CT molecular complexity index is 1110. The van der Waals surface area contributed by atoms with Crippen molar-refractivity contribution in [3.8, 4) is 0 Å². The maximum absolute atomic E-state index is 13.2. The summed E-state index contributed by atoms with van der Waals surface area (Å²) < 4.78 is 27.5. The number of hydrogen-bond acceptors (Lipinski definition) is 5. The average Bonchev–Trinajstić information content (AvgIpc) is 3.23. The Kier molecular flexibility index (Phi) is 7.38. The van der Waals surface area contributed by atoms with Crippen LogP contribution in [0.25, 0.3) is 0 Å². The predicted molar refractivity (Wildman–Crippen MR) is 120 cm³/mol. The van der Waals surface area contributed by atoms with Crippen LogP contribution in [0.1, 0.15) is 16.0 Å². The number of carbonyl (C=O) groups excluding carboxylic acids is 1. The monoisotopic (exact) mass is 461 g/mol. The van der Waals surface area contributed by atoms with Crippen LogP contribution in [0, 0.1) is 6.92 Å². The highest BCUT2D eigenvalue weighted by Gasteiger charge is 2.27. The number of sulfonamides is 1. The Balaban J connectivity index is 1.80. The Morgan fingerprint density at radius 3 is 2.47 bits per heavy atom. The molecule has 30 heavy (non-hydrogen) atoms. The van der Waals surface area contributed by atoms with Crippen LogP contribution in [-0.4, -0.2) is 31.4 Å². The van der Waals surface area contributed by atoms with Gasteiger partial charge in [-0.15, -0.1) is 11.3 Å². The lowest BCUT2D eigenvalue weighted by Crippen LogP contribution is -2.39. The van der Waals surface area contributed by atoms with E-state index in [1.807, 2.05) is 24.4 Å². The molecule has 0 saturated heterocycles. The number of hydrogen-bond donors (Lipinski definition) is 1. The molecule has 9 heteroatoms. The highest BCUT2D eigenvalue weighted by Crippen LogP contribution is 2.20. The fourth-order valence-corrected chi connectivity index (χ4v) is 4.70. The smallest absolute Gasteiger partial charge is 0.255 e. The second kappa shape index (κ2) is 9.99. The third-order valence-electron chi connectivity index (χ3n) is 4.18. The number of hydrazone groups is 1. The number of nitrogens with zero attached hydrogens (tertiary/aromatic N) is 2. The number of amides is 1. The lowest BCUT2D eigenvalue weighted by Gasteiger charge is -2.21. The SMILES string of the molecule is Cc1ccc(S(=O)(=O)N(CC(=O)N/N=C\c2cccs2)Cc2ccc(Cl)cc2)cc1. The van der Waals surface area contributed by atoms with Crippen molar-refractivity contribution in [2.75, 3.05) is 6.54 Å². The Morgan fingerprint density at radius 2 is 1.83 bits per heavy atom. The molecule has 0 bridgehead atoms. The van der Waals surface area contributed by atoms with Crippen LogP contribution in [-0.2, 0) is 21.4 Å². The standard InChI is InChI=1S/C21H20ClN3O3S2/c1-16-4-10-20(11-5-16)30(27,28)25(14-17-6-8-18(22)9-7-17)15-21(26)24-23-13-19-3-2-12-29-19/h2-13H,14-15H2,1H3,(H,24,26)/b23-13-. The molecule has 156 valence electrons. The van der Waals surface area contributed by atoms with Crippen molar-refractivity contribution in [2.45, 2.75) is 18.4 Å². The van der Waals surface area contributed by atoms with E-state index in [1.165, 1.54) is 29.7 Å². The second-order valence-corrected chi connectivity index (χ2v) is 9.87. The molecule has 0 aliphatic rings. The van der Waals surface area contributed by atoms with Gasteiger partial charge in [-0.1, -0.05) is 47.5 Å². The molecule has 0 radical (unpaired) electrons. The first-order valence-corrected chi connectivity index (χ1v) is 11.7. The molecule has 1 amide bonds. The summed E-state index contributed by atoms with van der Waals surface area (Å²) in [6.07, 6.45) is 1.51. The Morgan fingerprint density at radius 1 is 1.13 bits per heavy atom. The maximum Gasteiger partial charge on any atom is 0.255 e. The zero-order chi connectivity index (χ0) is 21.6. The van der Waals surface area contributed by atoms with Crippen LogP contribution in [0.2, 0.25) is 5.02 Å². The molecular weight excluding hydrogens is 442 g/mol. The second-order valence-electron chi connectivity index (χ2n) is 6.52. The summed E-state index contributed by atoms with van der Waals surface area (Å²) in [6.45, 7) is 1.52. The molecule has 0 aliphatic carbocycles. The molecule has 1 heterocycles. The van der Waals surface area contributed by atoms with E-state index < -0.39 is 15.9 Å². The van der Waals surface area contributed by atoms with Gasteiger partial charge in [0.05, 0.1) is 17.7 Å². The highest BCUT2D eigenvalue weighted by molar-refractivity contribution is 7.89. The molecule has 2 aromatic carbocycles. The van der Waals surface area contributed by atoms with Crippen LogP contribution < -0.4 is 5.43 Å². The van der Waals surface area contributed by atoms with Crippen molar-refractivity contribution in [1.29, 1.82) is 0 Å². The number of nitrogens with one attached hydrogen (secondary N) is 1. The van der Waals surface area contributed by atoms with Crippen LogP contribution in [0.5, 0.6) is 0 Å². The van der Waals surface area contributed by atoms with Crippen LogP contribution in [0.3, 0.4) is 0 Å². The molecule has 3 rings (SSSR count). The normalized spacial score (nSPS) is 11.8. The van der Waals surface area contributed by atoms with E-state index in [4.69, 9.17) is 11.6 Å². The van der Waals surface area contributed by atoms with Gasteiger partial charge in [-0.3, -0.25) is 4.79 Å². The molecule has 0 atom stereocenters. The molecule has 1 aromatic heterocycles. The fraction of sp³-hybridized carbons (Fsp3) is 0.143. The van der Waals surface area contributed by atoms with E-state index >= 15 is 0 Å². The first-order chi connectivity index (χ1) is 14.3. The van der Waals surface area contributed by atoms with Gasteiger partial charge in [0.25, 0.3) is 5.91 Å². The van der Waals surface area contributed by atoms with Crippen molar-refractivity contribution in [2.24, 2.45) is 5.10 Å². The van der Waals surface area contributed by atoms with Gasteiger partial charge < -0.3 is 0 Å². The number of halogens is 1. The first-order valence-electron chi connectivity index (χ1n) is 9.01. The molecule has 0 unspecified atom stereocenters. The summed E-state index contributed by atoms with van der Waals surface area (Å²) in [4.78, 5) is 13.4. The van der Waals surface area contributed by atoms with E-state index in [9.17, 15) is 13.2 Å². The molecular formula is C21H20ClN3O3S2. The molecule has 1 N–H and O–H groups in total. The summed E-state index contributed by atoms with van der Waals surface area (Å²) in [7, 11) is -3.90. The number of benzene rings is 2. The summed E-state index contributed by atoms with van der Waals surface area (Å²) in [6, 6.07) is 17.1. The predicted octanol–water partition coefficient (Wildman–Crippen LogP) is 4.05. The Hall–Kier alpha value is -2.52. The molecule has 0 fully saturated rings. The minimum atomic E-state index is -3.90. The minimum absolute atomic E-state index is 0.0233. The molecule has 0 aliphatic heterocycles. The number of aryl methyl sites for hydroxylation is 1. The highest BCUT2D eigenvalue weighted by atomic mass is 35.5. The van der Waals surface area contributed by atoms with E-state index in [2.05, 4.69) is 10.5 Å². The summed E-state index contributed by atoms with van der Waals surface area (Å²) in [5.74, 6) is -0.535. The summed E-state index contributed by atoms with van der Waals surface area (Å²) in [5.41, 5.74) is 4.05. The van der Waals surface area contributed by atoms with Crippen molar-refractivity contribution >= 4 is 45.1 Å². The van der Waals surface area contributed by atoms with Crippen LogP contribution >= 0.6 is 22.9 Å². The molecule has 0 saturated carbocycles. The van der Waals surface area contributed by atoms with Gasteiger partial charge >= 0.3 is 0 Å². The van der Waals surface area contributed by atoms with Gasteiger partial charge in [-0.05, 0) is 48.2 Å². The Labute approximate surface area is 184 Å².